The highest BCUT2D eigenvalue weighted by atomic mass is 19.4. The van der Waals surface area contributed by atoms with Crippen LogP contribution in [0.1, 0.15) is 23.6 Å². The highest BCUT2D eigenvalue weighted by molar-refractivity contribution is 5.99. The molecule has 0 atom stereocenters. The van der Waals surface area contributed by atoms with Crippen LogP contribution in [0.4, 0.5) is 23.7 Å². The summed E-state index contributed by atoms with van der Waals surface area (Å²) in [5, 5.41) is 6.38. The number of nitrogen functional groups attached to an aromatic ring is 1. The quantitative estimate of drug-likeness (QED) is 0.448. The van der Waals surface area contributed by atoms with Crippen LogP contribution in [0.2, 0.25) is 0 Å². The number of halogens is 3. The van der Waals surface area contributed by atoms with E-state index < -0.39 is 17.8 Å². The molecule has 2 rings (SSSR count). The van der Waals surface area contributed by atoms with Crippen molar-refractivity contribution >= 4 is 17.4 Å². The molecule has 0 aliphatic carbocycles. The van der Waals surface area contributed by atoms with Crippen molar-refractivity contribution in [3.63, 3.8) is 0 Å². The highest BCUT2D eigenvalue weighted by Gasteiger charge is 2.30. The SMILES string of the molecule is C/C(=N\NC(=O)NCc1cccc(C(F)(F)F)c1)c1ccc(N)cc1. The lowest BCUT2D eigenvalue weighted by molar-refractivity contribution is -0.137. The summed E-state index contributed by atoms with van der Waals surface area (Å²) in [5.74, 6) is 0. The minimum Gasteiger partial charge on any atom is -0.399 e. The fourth-order valence-corrected chi connectivity index (χ4v) is 2.00. The molecule has 0 aliphatic heterocycles. The Balaban J connectivity index is 1.90. The first kappa shape index (κ1) is 18.3. The van der Waals surface area contributed by atoms with Crippen molar-refractivity contribution in [2.75, 3.05) is 5.73 Å². The van der Waals surface area contributed by atoms with E-state index in [-0.39, 0.29) is 6.54 Å². The van der Waals surface area contributed by atoms with Crippen LogP contribution in [0.25, 0.3) is 0 Å². The zero-order chi connectivity index (χ0) is 18.4. The number of nitrogens with one attached hydrogen (secondary N) is 2. The van der Waals surface area contributed by atoms with Gasteiger partial charge in [-0.05, 0) is 42.3 Å². The van der Waals surface area contributed by atoms with E-state index in [0.717, 1.165) is 17.7 Å². The predicted molar refractivity (Wildman–Crippen MR) is 89.9 cm³/mol. The first-order valence-corrected chi connectivity index (χ1v) is 7.36. The smallest absolute Gasteiger partial charge is 0.399 e. The largest absolute Gasteiger partial charge is 0.416 e. The van der Waals surface area contributed by atoms with E-state index in [1.807, 2.05) is 0 Å². The minimum absolute atomic E-state index is 0.0494. The second kappa shape index (κ2) is 7.69. The van der Waals surface area contributed by atoms with Crippen molar-refractivity contribution in [1.82, 2.24) is 10.7 Å². The Hall–Kier alpha value is -3.03. The van der Waals surface area contributed by atoms with Crippen molar-refractivity contribution in [3.8, 4) is 0 Å². The summed E-state index contributed by atoms with van der Waals surface area (Å²) in [6.07, 6.45) is -4.42. The second-order valence-corrected chi connectivity index (χ2v) is 5.31. The molecule has 0 bridgehead atoms. The Bertz CT molecular complexity index is 770. The van der Waals surface area contributed by atoms with Gasteiger partial charge in [-0.15, -0.1) is 0 Å². The topological polar surface area (TPSA) is 79.5 Å². The van der Waals surface area contributed by atoms with Crippen LogP contribution in [-0.2, 0) is 12.7 Å². The summed E-state index contributed by atoms with van der Waals surface area (Å²) in [5.41, 5.74) is 9.43. The van der Waals surface area contributed by atoms with Crippen molar-refractivity contribution in [2.24, 2.45) is 5.10 Å². The predicted octanol–water partition coefficient (Wildman–Crippen LogP) is 3.51. The Kier molecular flexibility index (Phi) is 5.63. The van der Waals surface area contributed by atoms with E-state index in [1.165, 1.54) is 12.1 Å². The number of amides is 2. The van der Waals surface area contributed by atoms with Gasteiger partial charge in [0.25, 0.3) is 0 Å². The van der Waals surface area contributed by atoms with E-state index in [9.17, 15) is 18.0 Å². The zero-order valence-electron chi connectivity index (χ0n) is 13.4. The molecule has 0 saturated heterocycles. The lowest BCUT2D eigenvalue weighted by Crippen LogP contribution is -2.32. The lowest BCUT2D eigenvalue weighted by atomic mass is 10.1. The van der Waals surface area contributed by atoms with Crippen molar-refractivity contribution < 1.29 is 18.0 Å². The monoisotopic (exact) mass is 350 g/mol. The average Bonchev–Trinajstić information content (AvgIpc) is 2.58. The highest BCUT2D eigenvalue weighted by Crippen LogP contribution is 2.29. The summed E-state index contributed by atoms with van der Waals surface area (Å²) >= 11 is 0. The van der Waals surface area contributed by atoms with Crippen molar-refractivity contribution in [2.45, 2.75) is 19.6 Å². The zero-order valence-corrected chi connectivity index (χ0v) is 13.4. The molecule has 0 saturated carbocycles. The molecule has 0 aromatic heterocycles. The molecule has 0 radical (unpaired) electrons. The first-order chi connectivity index (χ1) is 11.8. The summed E-state index contributed by atoms with van der Waals surface area (Å²) in [6, 6.07) is 11.1. The molecule has 2 aromatic rings. The Morgan fingerprint density at radius 1 is 1.16 bits per heavy atom. The Morgan fingerprint density at radius 3 is 2.48 bits per heavy atom. The van der Waals surface area contributed by atoms with Crippen LogP contribution >= 0.6 is 0 Å². The van der Waals surface area contributed by atoms with Crippen LogP contribution in [0, 0.1) is 0 Å². The van der Waals surface area contributed by atoms with Crippen LogP contribution < -0.4 is 16.5 Å². The van der Waals surface area contributed by atoms with Gasteiger partial charge in [0, 0.05) is 12.2 Å². The molecule has 132 valence electrons. The average molecular weight is 350 g/mol. The number of carbonyl (C=O) groups excluding carboxylic acids is 1. The van der Waals surface area contributed by atoms with Gasteiger partial charge in [-0.2, -0.15) is 18.3 Å². The maximum atomic E-state index is 12.6. The van der Waals surface area contributed by atoms with Gasteiger partial charge in [-0.25, -0.2) is 10.2 Å². The molecule has 0 fully saturated rings. The summed E-state index contributed by atoms with van der Waals surface area (Å²) < 4.78 is 37.9. The molecular weight excluding hydrogens is 333 g/mol. The minimum atomic E-state index is -4.42. The maximum Gasteiger partial charge on any atom is 0.416 e. The number of alkyl halides is 3. The lowest BCUT2D eigenvalue weighted by Gasteiger charge is -2.09. The Morgan fingerprint density at radius 2 is 1.84 bits per heavy atom. The van der Waals surface area contributed by atoms with Gasteiger partial charge in [0.2, 0.25) is 0 Å². The summed E-state index contributed by atoms with van der Waals surface area (Å²) in [4.78, 5) is 11.7. The van der Waals surface area contributed by atoms with Gasteiger partial charge in [-0.3, -0.25) is 0 Å². The standard InChI is InChI=1S/C17H17F3N4O/c1-11(13-5-7-15(21)8-6-13)23-24-16(25)22-10-12-3-2-4-14(9-12)17(18,19)20/h2-9H,10,21H2,1H3,(H2,22,24,25)/b23-11+. The fraction of sp³-hybridized carbons (Fsp3) is 0.176. The molecule has 5 nitrogen and oxygen atoms in total. The molecule has 0 aliphatic rings. The molecular formula is C17H17F3N4O. The number of nitrogens with two attached hydrogens (primary N) is 1. The number of hydrogen-bond donors (Lipinski definition) is 3. The fourth-order valence-electron chi connectivity index (χ4n) is 2.00. The third kappa shape index (κ3) is 5.52. The second-order valence-electron chi connectivity index (χ2n) is 5.31. The number of nitrogens with zero attached hydrogens (tertiary/aromatic N) is 1. The van der Waals surface area contributed by atoms with Gasteiger partial charge >= 0.3 is 12.2 Å². The van der Waals surface area contributed by atoms with E-state index in [1.54, 1.807) is 31.2 Å². The number of carbonyl (C=O) groups is 1. The van der Waals surface area contributed by atoms with Crippen LogP contribution in [0.15, 0.2) is 53.6 Å². The molecule has 4 N–H and O–H groups in total. The summed E-state index contributed by atoms with van der Waals surface area (Å²) in [7, 11) is 0. The molecule has 0 spiro atoms. The molecule has 0 heterocycles. The number of urea groups is 1. The third-order valence-electron chi connectivity index (χ3n) is 3.36. The van der Waals surface area contributed by atoms with E-state index >= 15 is 0 Å². The number of rotatable bonds is 4. The van der Waals surface area contributed by atoms with E-state index in [0.29, 0.717) is 17.0 Å². The summed E-state index contributed by atoms with van der Waals surface area (Å²) in [6.45, 7) is 1.66. The number of hydrogen-bond acceptors (Lipinski definition) is 3. The van der Waals surface area contributed by atoms with Crippen molar-refractivity contribution in [1.29, 1.82) is 0 Å². The number of hydrazone groups is 1. The molecule has 2 aromatic carbocycles. The Labute approximate surface area is 142 Å². The number of anilines is 1. The normalized spacial score (nSPS) is 11.9. The van der Waals surface area contributed by atoms with Crippen LogP contribution in [0.3, 0.4) is 0 Å². The number of benzene rings is 2. The molecule has 0 unspecified atom stereocenters. The van der Waals surface area contributed by atoms with E-state index in [2.05, 4.69) is 15.8 Å². The molecule has 8 heteroatoms. The third-order valence-corrected chi connectivity index (χ3v) is 3.36. The molecule has 25 heavy (non-hydrogen) atoms. The van der Waals surface area contributed by atoms with Crippen LogP contribution in [-0.4, -0.2) is 11.7 Å². The first-order valence-electron chi connectivity index (χ1n) is 7.36. The van der Waals surface area contributed by atoms with Gasteiger partial charge in [-0.1, -0.05) is 24.3 Å². The molecule has 2 amide bonds. The van der Waals surface area contributed by atoms with Gasteiger partial charge < -0.3 is 11.1 Å². The van der Waals surface area contributed by atoms with Gasteiger partial charge in [0.1, 0.15) is 0 Å². The maximum absolute atomic E-state index is 12.6. The van der Waals surface area contributed by atoms with Crippen LogP contribution in [0.5, 0.6) is 0 Å². The van der Waals surface area contributed by atoms with E-state index in [4.69, 9.17) is 5.73 Å². The van der Waals surface area contributed by atoms with Gasteiger partial charge in [0.15, 0.2) is 0 Å². The van der Waals surface area contributed by atoms with Crippen molar-refractivity contribution in [3.05, 3.63) is 65.2 Å². The van der Waals surface area contributed by atoms with Gasteiger partial charge in [0.05, 0.1) is 11.3 Å².